The number of pyridine rings is 1. The zero-order chi connectivity index (χ0) is 20.0. The minimum atomic E-state index is -3.61. The largest absolute Gasteiger partial charge is 0.352 e. The number of aliphatic imine (C=N–C) groups is 2. The number of nitrogens with one attached hydrogen (secondary N) is 2. The number of hydrogen-bond donors (Lipinski definition) is 2. The quantitative estimate of drug-likeness (QED) is 0.683. The van der Waals surface area contributed by atoms with Crippen LogP contribution in [-0.4, -0.2) is 45.2 Å². The van der Waals surface area contributed by atoms with E-state index in [1.165, 1.54) is 19.2 Å². The predicted molar refractivity (Wildman–Crippen MR) is 107 cm³/mol. The van der Waals surface area contributed by atoms with Crippen molar-refractivity contribution in [3.05, 3.63) is 60.0 Å². The Kier molecular flexibility index (Phi) is 6.19. The summed E-state index contributed by atoms with van der Waals surface area (Å²) in [5, 5.41) is 0. The molecule has 1 saturated heterocycles. The average Bonchev–Trinajstić information content (AvgIpc) is 3.00. The van der Waals surface area contributed by atoms with Crippen molar-refractivity contribution in [1.29, 1.82) is 0 Å². The van der Waals surface area contributed by atoms with Crippen molar-refractivity contribution in [3.63, 3.8) is 0 Å². The molecule has 0 saturated carbocycles. The zero-order valence-corrected chi connectivity index (χ0v) is 16.2. The van der Waals surface area contributed by atoms with Crippen LogP contribution in [0.2, 0.25) is 0 Å². The molecule has 0 spiro atoms. The Morgan fingerprint density at radius 1 is 1.11 bits per heavy atom. The monoisotopic (exact) mass is 404 g/mol. The van der Waals surface area contributed by atoms with Gasteiger partial charge in [0.1, 0.15) is 11.6 Å². The van der Waals surface area contributed by atoms with Crippen molar-refractivity contribution in [2.45, 2.75) is 13.0 Å². The van der Waals surface area contributed by atoms with Crippen molar-refractivity contribution < 1.29 is 12.8 Å². The van der Waals surface area contributed by atoms with Gasteiger partial charge < -0.3 is 4.90 Å². The molecule has 1 aliphatic rings. The van der Waals surface area contributed by atoms with Crippen LogP contribution in [0.1, 0.15) is 12.0 Å². The Hall–Kier alpha value is -3.01. The van der Waals surface area contributed by atoms with Crippen LogP contribution in [0.15, 0.2) is 58.6 Å². The highest BCUT2D eigenvalue weighted by Gasteiger charge is 2.27. The molecule has 0 amide bonds. The molecule has 3 rings (SSSR count). The first kappa shape index (κ1) is 19.7. The summed E-state index contributed by atoms with van der Waals surface area (Å²) >= 11 is 0. The van der Waals surface area contributed by atoms with Gasteiger partial charge in [-0.15, -0.1) is 0 Å². The maximum atomic E-state index is 13.2. The van der Waals surface area contributed by atoms with Crippen LogP contribution in [0, 0.1) is 5.82 Å². The number of benzene rings is 1. The molecule has 2 aromatic rings. The van der Waals surface area contributed by atoms with E-state index in [1.54, 1.807) is 18.3 Å². The highest BCUT2D eigenvalue weighted by Crippen LogP contribution is 2.15. The summed E-state index contributed by atoms with van der Waals surface area (Å²) in [6.07, 6.45) is 2.39. The highest BCUT2D eigenvalue weighted by molar-refractivity contribution is 7.89. The van der Waals surface area contributed by atoms with E-state index in [2.05, 4.69) is 29.3 Å². The van der Waals surface area contributed by atoms with Gasteiger partial charge in [-0.1, -0.05) is 18.2 Å². The summed E-state index contributed by atoms with van der Waals surface area (Å²) in [6.45, 7) is 1.62. The van der Waals surface area contributed by atoms with Gasteiger partial charge in [0.2, 0.25) is 0 Å². The first-order valence-corrected chi connectivity index (χ1v) is 10.2. The Morgan fingerprint density at radius 2 is 1.86 bits per heavy atom. The van der Waals surface area contributed by atoms with Gasteiger partial charge in [0.05, 0.1) is 0 Å². The first-order valence-electron chi connectivity index (χ1n) is 8.69. The Morgan fingerprint density at radius 3 is 2.54 bits per heavy atom. The molecular formula is C18H21FN6O2S. The van der Waals surface area contributed by atoms with Crippen LogP contribution < -0.4 is 14.3 Å². The summed E-state index contributed by atoms with van der Waals surface area (Å²) < 4.78 is 40.8. The molecule has 0 unspecified atom stereocenters. The van der Waals surface area contributed by atoms with Gasteiger partial charge in [0.15, 0.2) is 11.7 Å². The molecular weight excluding hydrogens is 383 g/mol. The van der Waals surface area contributed by atoms with Gasteiger partial charge in [-0.05, 0) is 36.2 Å². The van der Waals surface area contributed by atoms with E-state index in [0.29, 0.717) is 26.1 Å². The Bertz CT molecular complexity index is 961. The summed E-state index contributed by atoms with van der Waals surface area (Å²) in [7, 11) is -2.12. The molecule has 2 N–H and O–H groups in total. The second-order valence-electron chi connectivity index (χ2n) is 6.10. The van der Waals surface area contributed by atoms with E-state index < -0.39 is 10.2 Å². The number of anilines is 1. The number of amidine groups is 2. The summed E-state index contributed by atoms with van der Waals surface area (Å²) in [5.74, 6) is 0.946. The van der Waals surface area contributed by atoms with Crippen LogP contribution in [0.5, 0.6) is 0 Å². The van der Waals surface area contributed by atoms with E-state index in [4.69, 9.17) is 0 Å². The van der Waals surface area contributed by atoms with E-state index >= 15 is 0 Å². The molecule has 0 atom stereocenters. The van der Waals surface area contributed by atoms with Crippen LogP contribution in [0.3, 0.4) is 0 Å². The molecule has 2 heterocycles. The molecule has 8 nitrogen and oxygen atoms in total. The van der Waals surface area contributed by atoms with Gasteiger partial charge >= 0.3 is 10.2 Å². The molecule has 0 bridgehead atoms. The lowest BCUT2D eigenvalue weighted by molar-refractivity contribution is 0.591. The fraction of sp³-hybridized carbons (Fsp3) is 0.278. The summed E-state index contributed by atoms with van der Waals surface area (Å²) in [5.41, 5.74) is 0.964. The van der Waals surface area contributed by atoms with Gasteiger partial charge in [0, 0.05) is 32.9 Å². The van der Waals surface area contributed by atoms with E-state index in [9.17, 15) is 12.8 Å². The molecule has 0 aliphatic carbocycles. The number of aromatic nitrogens is 1. The Balaban J connectivity index is 1.65. The van der Waals surface area contributed by atoms with Crippen molar-refractivity contribution >= 4 is 27.7 Å². The second-order valence-corrected chi connectivity index (χ2v) is 7.51. The summed E-state index contributed by atoms with van der Waals surface area (Å²) in [6, 6.07) is 12.0. The maximum Gasteiger partial charge on any atom is 0.324 e. The zero-order valence-electron chi connectivity index (χ0n) is 15.3. The molecule has 10 heteroatoms. The van der Waals surface area contributed by atoms with Crippen LogP contribution >= 0.6 is 0 Å². The topological polar surface area (TPSA) is 99.0 Å². The third-order valence-electron chi connectivity index (χ3n) is 4.03. The number of hydrogen-bond acceptors (Lipinski definition) is 6. The normalized spacial score (nSPS) is 18.1. The lowest BCUT2D eigenvalue weighted by Crippen LogP contribution is -2.26. The number of nitrogens with zero attached hydrogens (tertiary/aromatic N) is 4. The third kappa shape index (κ3) is 5.26. The van der Waals surface area contributed by atoms with Gasteiger partial charge in [-0.25, -0.2) is 18.8 Å². The van der Waals surface area contributed by atoms with Crippen molar-refractivity contribution in [2.24, 2.45) is 9.98 Å². The minimum absolute atomic E-state index is 0.202. The molecule has 28 heavy (non-hydrogen) atoms. The minimum Gasteiger partial charge on any atom is -0.352 e. The lowest BCUT2D eigenvalue weighted by Gasteiger charge is -2.23. The van der Waals surface area contributed by atoms with Crippen LogP contribution in [0.25, 0.3) is 0 Å². The number of halogens is 1. The van der Waals surface area contributed by atoms with E-state index in [1.807, 2.05) is 18.2 Å². The maximum absolute atomic E-state index is 13.2. The second kappa shape index (κ2) is 8.79. The van der Waals surface area contributed by atoms with Gasteiger partial charge in [0.25, 0.3) is 0 Å². The SMILES string of the molecule is CN=C1NS(=O)(=O)NC1=NCCCN(Cc1ccc(F)cc1)c1ccccn1. The first-order chi connectivity index (χ1) is 13.5. The molecule has 1 aromatic carbocycles. The molecule has 0 radical (unpaired) electrons. The fourth-order valence-corrected chi connectivity index (χ4v) is 3.62. The standard InChI is InChI=1S/C18H21FN6O2S/c1-20-17-18(24-28(26,27)23-17)22-11-4-12-25(16-5-2-3-10-21-16)13-14-6-8-15(19)9-7-14/h2-3,5-10H,4,11-13H2,1H3,(H,20,23)(H,22,24). The van der Waals surface area contributed by atoms with Crippen molar-refractivity contribution in [3.8, 4) is 0 Å². The fourth-order valence-electron chi connectivity index (χ4n) is 2.71. The van der Waals surface area contributed by atoms with Crippen molar-refractivity contribution in [1.82, 2.24) is 14.4 Å². The van der Waals surface area contributed by atoms with E-state index in [0.717, 1.165) is 11.4 Å². The van der Waals surface area contributed by atoms with Gasteiger partial charge in [-0.3, -0.25) is 9.98 Å². The third-order valence-corrected chi connectivity index (χ3v) is 4.95. The van der Waals surface area contributed by atoms with Gasteiger partial charge in [-0.2, -0.15) is 8.42 Å². The van der Waals surface area contributed by atoms with Crippen molar-refractivity contribution in [2.75, 3.05) is 25.0 Å². The average molecular weight is 404 g/mol. The smallest absolute Gasteiger partial charge is 0.324 e. The molecule has 1 aliphatic heterocycles. The highest BCUT2D eigenvalue weighted by atomic mass is 32.2. The van der Waals surface area contributed by atoms with Crippen LogP contribution in [0.4, 0.5) is 10.2 Å². The predicted octanol–water partition coefficient (Wildman–Crippen LogP) is 1.48. The number of rotatable bonds is 7. The summed E-state index contributed by atoms with van der Waals surface area (Å²) in [4.78, 5) is 14.6. The Labute approximate surface area is 163 Å². The van der Waals surface area contributed by atoms with Crippen LogP contribution in [-0.2, 0) is 16.8 Å². The molecule has 1 aromatic heterocycles. The van der Waals surface area contributed by atoms with E-state index in [-0.39, 0.29) is 17.5 Å². The molecule has 1 fully saturated rings. The lowest BCUT2D eigenvalue weighted by atomic mass is 10.2. The molecule has 148 valence electrons.